The number of benzene rings is 2. The summed E-state index contributed by atoms with van der Waals surface area (Å²) in [4.78, 5) is 4.56. The number of anilines is 1. The van der Waals surface area contributed by atoms with Crippen molar-refractivity contribution in [3.63, 3.8) is 0 Å². The van der Waals surface area contributed by atoms with E-state index in [1.54, 1.807) is 12.1 Å². The Labute approximate surface area is 158 Å². The Morgan fingerprint density at radius 2 is 1.81 bits per heavy atom. The second-order valence-corrected chi connectivity index (χ2v) is 7.07. The molecule has 6 heteroatoms. The molecular formula is C20H24ClFN2O2. The first kappa shape index (κ1) is 19.0. The number of aryl methyl sites for hydroxylation is 1. The van der Waals surface area contributed by atoms with Crippen molar-refractivity contribution in [3.05, 3.63) is 58.9 Å². The predicted molar refractivity (Wildman–Crippen MR) is 103 cm³/mol. The van der Waals surface area contributed by atoms with Crippen molar-refractivity contribution in [1.29, 1.82) is 0 Å². The molecule has 1 atom stereocenters. The van der Waals surface area contributed by atoms with Gasteiger partial charge in [-0.25, -0.2) is 4.39 Å². The van der Waals surface area contributed by atoms with Crippen molar-refractivity contribution in [3.8, 4) is 5.75 Å². The number of nitrogens with zero attached hydrogens (tertiary/aromatic N) is 2. The van der Waals surface area contributed by atoms with Gasteiger partial charge < -0.3 is 14.7 Å². The summed E-state index contributed by atoms with van der Waals surface area (Å²) in [6.07, 6.45) is -0.584. The van der Waals surface area contributed by atoms with Crippen molar-refractivity contribution >= 4 is 17.3 Å². The molecule has 1 fully saturated rings. The first-order valence-electron chi connectivity index (χ1n) is 8.81. The molecule has 0 amide bonds. The van der Waals surface area contributed by atoms with Gasteiger partial charge >= 0.3 is 0 Å². The lowest BCUT2D eigenvalue weighted by Crippen LogP contribution is -2.49. The summed E-state index contributed by atoms with van der Waals surface area (Å²) >= 11 is 6.12. The maximum atomic E-state index is 12.9. The fourth-order valence-electron chi connectivity index (χ4n) is 3.17. The van der Waals surface area contributed by atoms with E-state index in [0.29, 0.717) is 12.3 Å². The van der Waals surface area contributed by atoms with Crippen LogP contribution in [-0.4, -0.2) is 55.4 Å². The lowest BCUT2D eigenvalue weighted by molar-refractivity contribution is 0.0663. The van der Waals surface area contributed by atoms with Gasteiger partial charge in [-0.15, -0.1) is 0 Å². The molecule has 1 saturated heterocycles. The molecule has 0 radical (unpaired) electrons. The number of aliphatic hydroxyl groups is 1. The van der Waals surface area contributed by atoms with E-state index in [1.807, 2.05) is 18.2 Å². The number of rotatable bonds is 6. The minimum absolute atomic E-state index is 0.194. The van der Waals surface area contributed by atoms with Crippen LogP contribution in [0.4, 0.5) is 10.1 Å². The Kier molecular flexibility index (Phi) is 6.35. The van der Waals surface area contributed by atoms with Crippen molar-refractivity contribution in [2.24, 2.45) is 0 Å². The number of piperazine rings is 1. The molecule has 1 heterocycles. The third-order valence-electron chi connectivity index (χ3n) is 4.61. The number of β-amino-alcohol motifs (C(OH)–C–C–N with tert-alkyl or cyclic N) is 1. The zero-order chi connectivity index (χ0) is 18.5. The zero-order valence-electron chi connectivity index (χ0n) is 14.9. The molecule has 3 rings (SSSR count). The Morgan fingerprint density at radius 1 is 1.12 bits per heavy atom. The maximum Gasteiger partial charge on any atom is 0.123 e. The molecular weight excluding hydrogens is 355 g/mol. The first-order chi connectivity index (χ1) is 12.5. The van der Waals surface area contributed by atoms with Gasteiger partial charge in [0.1, 0.15) is 24.3 Å². The summed E-state index contributed by atoms with van der Waals surface area (Å²) in [5, 5.41) is 11.0. The second-order valence-electron chi connectivity index (χ2n) is 6.64. The minimum atomic E-state index is -0.584. The van der Waals surface area contributed by atoms with Crippen LogP contribution in [-0.2, 0) is 0 Å². The van der Waals surface area contributed by atoms with Gasteiger partial charge in [0, 0.05) is 43.4 Å². The summed E-state index contributed by atoms with van der Waals surface area (Å²) in [6.45, 7) is 6.38. The van der Waals surface area contributed by atoms with Gasteiger partial charge in [0.25, 0.3) is 0 Å². The summed E-state index contributed by atoms with van der Waals surface area (Å²) in [5.41, 5.74) is 2.40. The minimum Gasteiger partial charge on any atom is -0.491 e. The van der Waals surface area contributed by atoms with Crippen LogP contribution in [0.2, 0.25) is 5.02 Å². The van der Waals surface area contributed by atoms with E-state index in [0.717, 1.165) is 31.2 Å². The molecule has 2 aromatic rings. The van der Waals surface area contributed by atoms with Gasteiger partial charge in [-0.2, -0.15) is 0 Å². The van der Waals surface area contributed by atoms with Crippen molar-refractivity contribution < 1.29 is 14.2 Å². The van der Waals surface area contributed by atoms with E-state index >= 15 is 0 Å². The molecule has 0 bridgehead atoms. The molecule has 2 aromatic carbocycles. The van der Waals surface area contributed by atoms with E-state index in [9.17, 15) is 9.50 Å². The lowest BCUT2D eigenvalue weighted by atomic mass is 10.1. The topological polar surface area (TPSA) is 35.9 Å². The quantitative estimate of drug-likeness (QED) is 0.836. The molecule has 4 nitrogen and oxygen atoms in total. The monoisotopic (exact) mass is 378 g/mol. The normalized spacial score (nSPS) is 16.5. The van der Waals surface area contributed by atoms with Gasteiger partial charge in [-0.05, 0) is 48.9 Å². The van der Waals surface area contributed by atoms with Crippen LogP contribution >= 0.6 is 11.6 Å². The van der Waals surface area contributed by atoms with Gasteiger partial charge in [-0.3, -0.25) is 4.90 Å². The fraction of sp³-hybridized carbons (Fsp3) is 0.400. The maximum absolute atomic E-state index is 12.9. The van der Waals surface area contributed by atoms with E-state index in [2.05, 4.69) is 16.7 Å². The summed E-state index contributed by atoms with van der Waals surface area (Å²) in [6, 6.07) is 11.8. The van der Waals surface area contributed by atoms with Crippen molar-refractivity contribution in [1.82, 2.24) is 4.90 Å². The van der Waals surface area contributed by atoms with E-state index in [-0.39, 0.29) is 12.4 Å². The molecule has 0 saturated carbocycles. The van der Waals surface area contributed by atoms with Crippen LogP contribution in [0.15, 0.2) is 42.5 Å². The highest BCUT2D eigenvalue weighted by molar-refractivity contribution is 6.30. The lowest BCUT2D eigenvalue weighted by Gasteiger charge is -2.37. The highest BCUT2D eigenvalue weighted by Crippen LogP contribution is 2.25. The number of ether oxygens (including phenoxy) is 1. The van der Waals surface area contributed by atoms with Gasteiger partial charge in [0.15, 0.2) is 0 Å². The van der Waals surface area contributed by atoms with Crippen LogP contribution in [0.3, 0.4) is 0 Å². The van der Waals surface area contributed by atoms with Crippen LogP contribution in [0.5, 0.6) is 5.75 Å². The van der Waals surface area contributed by atoms with Crippen LogP contribution < -0.4 is 9.64 Å². The van der Waals surface area contributed by atoms with Gasteiger partial charge in [0.05, 0.1) is 0 Å². The average Bonchev–Trinajstić information content (AvgIpc) is 2.64. The Morgan fingerprint density at radius 3 is 2.50 bits per heavy atom. The summed E-state index contributed by atoms with van der Waals surface area (Å²) < 4.78 is 18.4. The largest absolute Gasteiger partial charge is 0.491 e. The van der Waals surface area contributed by atoms with Gasteiger partial charge in [0.2, 0.25) is 0 Å². The molecule has 0 aromatic heterocycles. The molecule has 140 valence electrons. The third-order valence-corrected chi connectivity index (χ3v) is 4.84. The summed E-state index contributed by atoms with van der Waals surface area (Å²) in [5.74, 6) is 0.261. The SMILES string of the molecule is Cc1ccc(Cl)cc1N1CCN(C[C@@H](O)COc2ccc(F)cc2)CC1. The predicted octanol–water partition coefficient (Wildman–Crippen LogP) is 3.35. The van der Waals surface area contributed by atoms with Crippen LogP contribution in [0.1, 0.15) is 5.56 Å². The highest BCUT2D eigenvalue weighted by atomic mass is 35.5. The fourth-order valence-corrected chi connectivity index (χ4v) is 3.33. The molecule has 0 spiro atoms. The standard InChI is InChI=1S/C20H24ClFN2O2/c1-15-2-3-16(21)12-20(15)24-10-8-23(9-11-24)13-18(25)14-26-19-6-4-17(22)5-7-19/h2-7,12,18,25H,8-11,13-14H2,1H3/t18-/m1/s1. The van der Waals surface area contributed by atoms with Crippen molar-refractivity contribution in [2.45, 2.75) is 13.0 Å². The Hall–Kier alpha value is -1.82. The van der Waals surface area contributed by atoms with Gasteiger partial charge in [-0.1, -0.05) is 17.7 Å². The molecule has 1 aliphatic heterocycles. The smallest absolute Gasteiger partial charge is 0.123 e. The summed E-state index contributed by atoms with van der Waals surface area (Å²) in [7, 11) is 0. The number of hydrogen-bond acceptors (Lipinski definition) is 4. The Bertz CT molecular complexity index is 718. The molecule has 1 N–H and O–H groups in total. The number of hydrogen-bond donors (Lipinski definition) is 1. The molecule has 26 heavy (non-hydrogen) atoms. The number of aliphatic hydroxyl groups excluding tert-OH is 1. The van der Waals surface area contributed by atoms with E-state index in [1.165, 1.54) is 23.4 Å². The highest BCUT2D eigenvalue weighted by Gasteiger charge is 2.20. The number of halogens is 2. The second kappa shape index (κ2) is 8.71. The molecule has 0 unspecified atom stereocenters. The van der Waals surface area contributed by atoms with Crippen LogP contribution in [0, 0.1) is 12.7 Å². The zero-order valence-corrected chi connectivity index (χ0v) is 15.6. The molecule has 0 aliphatic carbocycles. The third kappa shape index (κ3) is 5.10. The van der Waals surface area contributed by atoms with E-state index in [4.69, 9.17) is 16.3 Å². The average molecular weight is 379 g/mol. The first-order valence-corrected chi connectivity index (χ1v) is 9.19. The molecule has 1 aliphatic rings. The Balaban J connectivity index is 1.44. The van der Waals surface area contributed by atoms with Crippen molar-refractivity contribution in [2.75, 3.05) is 44.2 Å². The van der Waals surface area contributed by atoms with Crippen LogP contribution in [0.25, 0.3) is 0 Å². The van der Waals surface area contributed by atoms with E-state index < -0.39 is 6.10 Å².